The van der Waals surface area contributed by atoms with Gasteiger partial charge in [0.15, 0.2) is 0 Å². The van der Waals surface area contributed by atoms with Crippen molar-refractivity contribution in [2.24, 2.45) is 11.8 Å². The smallest absolute Gasteiger partial charge is 0.311 e. The molecule has 1 unspecified atom stereocenters. The number of hydrogen-bond donors (Lipinski definition) is 0. The molecule has 7 heteroatoms. The molecule has 0 N–H and O–H groups in total. The van der Waals surface area contributed by atoms with Crippen molar-refractivity contribution in [1.29, 1.82) is 0 Å². The van der Waals surface area contributed by atoms with Crippen LogP contribution in [0.3, 0.4) is 0 Å². The molecule has 2 atom stereocenters. The normalized spacial score (nSPS) is 17.4. The van der Waals surface area contributed by atoms with E-state index in [0.717, 1.165) is 38.5 Å². The molecule has 0 heterocycles. The van der Waals surface area contributed by atoms with Crippen LogP contribution in [0.1, 0.15) is 109 Å². The van der Waals surface area contributed by atoms with Crippen LogP contribution in [0.15, 0.2) is 36.4 Å². The van der Waals surface area contributed by atoms with E-state index in [2.05, 4.69) is 23.9 Å². The van der Waals surface area contributed by atoms with Gasteiger partial charge in [-0.2, -0.15) is 0 Å². The summed E-state index contributed by atoms with van der Waals surface area (Å²) in [5.41, 5.74) is 0.460. The number of esters is 1. The Kier molecular flexibility index (Phi) is 14.5. The molecule has 36 heavy (non-hydrogen) atoms. The average molecular weight is 502 g/mol. The highest BCUT2D eigenvalue weighted by atomic mass is 16.9. The zero-order chi connectivity index (χ0) is 26.0. The molecule has 2 rings (SSSR count). The predicted molar refractivity (Wildman–Crippen MR) is 140 cm³/mol. The number of rotatable bonds is 19. The molecule has 1 saturated carbocycles. The molecule has 0 spiro atoms. The largest absolute Gasteiger partial charge is 0.426 e. The maximum absolute atomic E-state index is 12.2. The number of allylic oxidation sites excluding steroid dienone is 2. The number of hydrogen-bond acceptors (Lipinski definition) is 6. The topological polar surface area (TPSA) is 95.7 Å². The molecular formula is C29H43NO6. The van der Waals surface area contributed by atoms with Gasteiger partial charge in [0.25, 0.3) is 5.09 Å². The molecule has 0 amide bonds. The van der Waals surface area contributed by atoms with E-state index in [4.69, 9.17) is 4.74 Å². The minimum atomic E-state index is -0.866. The zero-order valence-corrected chi connectivity index (χ0v) is 21.8. The van der Waals surface area contributed by atoms with Gasteiger partial charge >= 0.3 is 5.97 Å². The maximum Gasteiger partial charge on any atom is 0.311 e. The van der Waals surface area contributed by atoms with Crippen LogP contribution >= 0.6 is 0 Å². The van der Waals surface area contributed by atoms with Crippen LogP contribution in [-0.2, 0) is 21.0 Å². The van der Waals surface area contributed by atoms with Crippen LogP contribution in [0.25, 0.3) is 0 Å². The molecule has 1 aliphatic carbocycles. The van der Waals surface area contributed by atoms with E-state index >= 15 is 0 Å². The molecule has 0 aliphatic heterocycles. The second-order valence-corrected chi connectivity index (χ2v) is 9.87. The lowest BCUT2D eigenvalue weighted by Gasteiger charge is -2.17. The Hall–Kier alpha value is -2.70. The highest BCUT2D eigenvalue weighted by Gasteiger charge is 2.26. The van der Waals surface area contributed by atoms with Crippen LogP contribution < -0.4 is 4.74 Å². The summed E-state index contributed by atoms with van der Waals surface area (Å²) < 4.78 is 5.37. The molecular weight excluding hydrogens is 458 g/mol. The van der Waals surface area contributed by atoms with E-state index in [9.17, 15) is 19.7 Å². The number of carbonyl (C=O) groups excluding carboxylic acids is 2. The van der Waals surface area contributed by atoms with Gasteiger partial charge in [0.05, 0.1) is 0 Å². The Morgan fingerprint density at radius 1 is 1.00 bits per heavy atom. The second-order valence-electron chi connectivity index (χ2n) is 9.87. The van der Waals surface area contributed by atoms with E-state index < -0.39 is 5.09 Å². The number of unbranched alkanes of at least 4 members (excludes halogenated alkanes) is 5. The Morgan fingerprint density at radius 2 is 1.78 bits per heavy atom. The maximum atomic E-state index is 12.2. The van der Waals surface area contributed by atoms with Crippen molar-refractivity contribution < 1.29 is 24.3 Å². The lowest BCUT2D eigenvalue weighted by molar-refractivity contribution is -0.763. The third-order valence-electron chi connectivity index (χ3n) is 7.05. The van der Waals surface area contributed by atoms with Crippen LogP contribution in [0.4, 0.5) is 0 Å². The van der Waals surface area contributed by atoms with E-state index in [1.54, 1.807) is 24.3 Å². The number of para-hydroxylation sites is 1. The molecule has 1 aliphatic rings. The lowest BCUT2D eigenvalue weighted by Crippen LogP contribution is -2.10. The molecule has 0 saturated heterocycles. The Balaban J connectivity index is 1.60. The molecule has 0 aromatic heterocycles. The first kappa shape index (κ1) is 29.5. The number of ketones is 1. The summed E-state index contributed by atoms with van der Waals surface area (Å²) in [7, 11) is 0. The van der Waals surface area contributed by atoms with Gasteiger partial charge in [-0.05, 0) is 56.4 Å². The Labute approximate surface area is 215 Å². The molecule has 200 valence electrons. The fraction of sp³-hybridized carbons (Fsp3) is 0.655. The summed E-state index contributed by atoms with van der Waals surface area (Å²) in [5.74, 6) is 1.70. The first-order chi connectivity index (χ1) is 17.5. The lowest BCUT2D eigenvalue weighted by atomic mass is 9.88. The zero-order valence-electron chi connectivity index (χ0n) is 21.8. The van der Waals surface area contributed by atoms with Crippen LogP contribution in [0, 0.1) is 22.0 Å². The van der Waals surface area contributed by atoms with E-state index in [1.165, 1.54) is 44.9 Å². The van der Waals surface area contributed by atoms with E-state index in [-0.39, 0.29) is 19.0 Å². The highest BCUT2D eigenvalue weighted by Crippen LogP contribution is 2.37. The van der Waals surface area contributed by atoms with Crippen molar-refractivity contribution >= 4 is 11.8 Å². The molecule has 7 nitrogen and oxygen atoms in total. The van der Waals surface area contributed by atoms with Crippen molar-refractivity contribution in [2.45, 2.75) is 110 Å². The van der Waals surface area contributed by atoms with Crippen LogP contribution in [0.2, 0.25) is 0 Å². The summed E-state index contributed by atoms with van der Waals surface area (Å²) in [6.07, 6.45) is 19.4. The Bertz CT molecular complexity index is 837. The Morgan fingerprint density at radius 3 is 2.58 bits per heavy atom. The van der Waals surface area contributed by atoms with Gasteiger partial charge in [0.2, 0.25) is 0 Å². The van der Waals surface area contributed by atoms with Crippen molar-refractivity contribution in [3.63, 3.8) is 0 Å². The molecule has 1 fully saturated rings. The van der Waals surface area contributed by atoms with Crippen molar-refractivity contribution in [2.75, 3.05) is 0 Å². The quantitative estimate of drug-likeness (QED) is 0.0485. The fourth-order valence-electron chi connectivity index (χ4n) is 4.97. The standard InChI is InChI=1S/C29H43NO6/c1-2-3-4-5-9-18-27(31)22-21-25-17-13-16-24(25)14-8-6-7-10-20-29(32)36-28-19-12-11-15-26(28)23-35-30(33)34/h6,8,11-12,15,19,24-25H,2-5,7,9-10,13-14,16-18,20-23H2,1H3/b8-6-/t24-,25?/m0/s1. The summed E-state index contributed by atoms with van der Waals surface area (Å²) >= 11 is 0. The molecule has 1 aromatic carbocycles. The summed E-state index contributed by atoms with van der Waals surface area (Å²) in [5, 5.41) is 9.55. The summed E-state index contributed by atoms with van der Waals surface area (Å²) in [4.78, 5) is 39.2. The third kappa shape index (κ3) is 12.3. The SMILES string of the molecule is CCCCCCCC(=O)CCC1CCC[C@@H]1C/C=C\CCCC(=O)Oc1ccccc1CO[N+](=O)[O-]. The minimum Gasteiger partial charge on any atom is -0.426 e. The fourth-order valence-corrected chi connectivity index (χ4v) is 4.97. The van der Waals surface area contributed by atoms with Crippen molar-refractivity contribution in [3.8, 4) is 5.75 Å². The molecule has 0 bridgehead atoms. The number of ether oxygens (including phenoxy) is 1. The number of Topliss-reactive ketones (excluding diaryl/α,β-unsaturated/α-hetero) is 1. The number of nitrogens with zero attached hydrogens (tertiary/aromatic N) is 1. The highest BCUT2D eigenvalue weighted by molar-refractivity contribution is 5.78. The number of carbonyl (C=O) groups is 2. The van der Waals surface area contributed by atoms with Crippen molar-refractivity contribution in [1.82, 2.24) is 0 Å². The number of benzene rings is 1. The first-order valence-electron chi connectivity index (χ1n) is 13.7. The van der Waals surface area contributed by atoms with E-state index in [0.29, 0.717) is 35.4 Å². The van der Waals surface area contributed by atoms with E-state index in [1.807, 2.05) is 0 Å². The first-order valence-corrected chi connectivity index (χ1v) is 13.7. The minimum absolute atomic E-state index is 0.255. The monoisotopic (exact) mass is 501 g/mol. The molecule has 0 radical (unpaired) electrons. The summed E-state index contributed by atoms with van der Waals surface area (Å²) in [6, 6.07) is 6.66. The van der Waals surface area contributed by atoms with Gasteiger partial charge in [0, 0.05) is 24.8 Å². The van der Waals surface area contributed by atoms with Crippen molar-refractivity contribution in [3.05, 3.63) is 52.1 Å². The predicted octanol–water partition coefficient (Wildman–Crippen LogP) is 7.54. The third-order valence-corrected chi connectivity index (χ3v) is 7.05. The van der Waals surface area contributed by atoms with Gasteiger partial charge in [-0.15, -0.1) is 10.1 Å². The van der Waals surface area contributed by atoms with Gasteiger partial charge in [0.1, 0.15) is 18.1 Å². The average Bonchev–Trinajstić information content (AvgIpc) is 3.31. The van der Waals surface area contributed by atoms with Crippen LogP contribution in [-0.4, -0.2) is 16.8 Å². The second kappa shape index (κ2) is 17.7. The van der Waals surface area contributed by atoms with Gasteiger partial charge in [-0.3, -0.25) is 9.59 Å². The van der Waals surface area contributed by atoms with Gasteiger partial charge in [-0.1, -0.05) is 75.8 Å². The van der Waals surface area contributed by atoms with Crippen LogP contribution in [0.5, 0.6) is 5.75 Å². The molecule has 1 aromatic rings. The van der Waals surface area contributed by atoms with Gasteiger partial charge in [-0.25, -0.2) is 0 Å². The summed E-state index contributed by atoms with van der Waals surface area (Å²) in [6.45, 7) is 1.95. The van der Waals surface area contributed by atoms with Gasteiger partial charge < -0.3 is 9.57 Å².